The number of aromatic nitrogens is 2. The predicted octanol–water partition coefficient (Wildman–Crippen LogP) is 3.37. The van der Waals surface area contributed by atoms with Crippen molar-refractivity contribution in [1.29, 1.82) is 0 Å². The Kier molecular flexibility index (Phi) is 4.70. The van der Waals surface area contributed by atoms with Crippen LogP contribution >= 0.6 is 11.3 Å². The molecule has 1 saturated heterocycles. The summed E-state index contributed by atoms with van der Waals surface area (Å²) in [6.07, 6.45) is 6.83. The third-order valence-corrected chi connectivity index (χ3v) is 6.14. The van der Waals surface area contributed by atoms with Crippen molar-refractivity contribution in [2.24, 2.45) is 0 Å². The average molecular weight is 356 g/mol. The van der Waals surface area contributed by atoms with Crippen molar-refractivity contribution in [1.82, 2.24) is 14.9 Å². The smallest absolute Gasteiger partial charge is 0.231 e. The number of carbonyl (C=O) groups excluding carboxylic acids is 1. The van der Waals surface area contributed by atoms with Crippen LogP contribution in [0.25, 0.3) is 0 Å². The maximum Gasteiger partial charge on any atom is 0.231 e. The number of pyridine rings is 1. The predicted molar refractivity (Wildman–Crippen MR) is 100.0 cm³/mol. The van der Waals surface area contributed by atoms with Gasteiger partial charge in [-0.15, -0.1) is 11.3 Å². The first kappa shape index (κ1) is 16.5. The van der Waals surface area contributed by atoms with E-state index >= 15 is 0 Å². The third-order valence-electron chi connectivity index (χ3n) is 5.25. The van der Waals surface area contributed by atoms with E-state index in [4.69, 9.17) is 0 Å². The van der Waals surface area contributed by atoms with Crippen molar-refractivity contribution in [3.63, 3.8) is 0 Å². The molecular formula is C19H24N4OS. The van der Waals surface area contributed by atoms with E-state index in [2.05, 4.69) is 26.7 Å². The molecule has 0 saturated carbocycles. The van der Waals surface area contributed by atoms with Gasteiger partial charge in [-0.3, -0.25) is 9.78 Å². The fourth-order valence-electron chi connectivity index (χ4n) is 3.91. The molecule has 132 valence electrons. The number of hydrogen-bond donors (Lipinski definition) is 1. The number of amides is 1. The first-order valence-corrected chi connectivity index (χ1v) is 10.00. The number of hydrogen-bond acceptors (Lipinski definition) is 5. The number of thiazole rings is 1. The van der Waals surface area contributed by atoms with Crippen LogP contribution in [0.3, 0.4) is 0 Å². The number of fused-ring (bicyclic) bond motifs is 1. The highest BCUT2D eigenvalue weighted by molar-refractivity contribution is 7.13. The Morgan fingerprint density at radius 3 is 2.92 bits per heavy atom. The molecule has 1 fully saturated rings. The lowest BCUT2D eigenvalue weighted by Crippen LogP contribution is -2.44. The molecule has 0 radical (unpaired) electrons. The molecule has 0 bridgehead atoms. The van der Waals surface area contributed by atoms with Crippen LogP contribution < -0.4 is 5.32 Å². The molecule has 4 rings (SSSR count). The van der Waals surface area contributed by atoms with E-state index in [1.165, 1.54) is 5.56 Å². The van der Waals surface area contributed by atoms with Gasteiger partial charge < -0.3 is 10.2 Å². The van der Waals surface area contributed by atoms with Crippen LogP contribution in [0.1, 0.15) is 48.6 Å². The van der Waals surface area contributed by atoms with E-state index in [1.807, 2.05) is 24.1 Å². The van der Waals surface area contributed by atoms with Gasteiger partial charge in [0.25, 0.3) is 0 Å². The lowest BCUT2D eigenvalue weighted by molar-refractivity contribution is -0.134. The van der Waals surface area contributed by atoms with Gasteiger partial charge in [-0.05, 0) is 50.7 Å². The second-order valence-corrected chi connectivity index (χ2v) is 7.89. The van der Waals surface area contributed by atoms with Gasteiger partial charge in [-0.25, -0.2) is 4.98 Å². The molecule has 2 aromatic rings. The minimum Gasteiger partial charge on any atom is -0.359 e. The SMILES string of the molecule is Cc1csc(NC2CCN(C(=O)C3CCCc4cccnc43)CC2)n1. The van der Waals surface area contributed by atoms with Gasteiger partial charge in [-0.1, -0.05) is 6.07 Å². The zero-order chi connectivity index (χ0) is 17.2. The van der Waals surface area contributed by atoms with Crippen molar-refractivity contribution in [3.05, 3.63) is 40.7 Å². The van der Waals surface area contributed by atoms with E-state index < -0.39 is 0 Å². The normalized spacial score (nSPS) is 21.0. The topological polar surface area (TPSA) is 58.1 Å². The molecule has 2 aromatic heterocycles. The second-order valence-electron chi connectivity index (χ2n) is 7.03. The molecule has 0 aromatic carbocycles. The molecule has 1 aliphatic carbocycles. The van der Waals surface area contributed by atoms with Crippen LogP contribution in [0.5, 0.6) is 0 Å². The van der Waals surface area contributed by atoms with E-state index in [1.54, 1.807) is 11.3 Å². The first-order chi connectivity index (χ1) is 12.2. The van der Waals surface area contributed by atoms with Crippen molar-refractivity contribution in [2.45, 2.75) is 51.0 Å². The molecule has 1 aliphatic heterocycles. The number of anilines is 1. The van der Waals surface area contributed by atoms with Crippen molar-refractivity contribution in [2.75, 3.05) is 18.4 Å². The number of aryl methyl sites for hydroxylation is 2. The Morgan fingerprint density at radius 2 is 2.16 bits per heavy atom. The summed E-state index contributed by atoms with van der Waals surface area (Å²) in [6, 6.07) is 4.50. The van der Waals surface area contributed by atoms with Crippen LogP contribution in [0.2, 0.25) is 0 Å². The minimum absolute atomic E-state index is 0.0453. The number of carbonyl (C=O) groups is 1. The number of rotatable bonds is 3. The fraction of sp³-hybridized carbons (Fsp3) is 0.526. The van der Waals surface area contributed by atoms with E-state index in [9.17, 15) is 4.79 Å². The maximum atomic E-state index is 13.0. The Labute approximate surface area is 152 Å². The Morgan fingerprint density at radius 1 is 1.32 bits per heavy atom. The van der Waals surface area contributed by atoms with Gasteiger partial charge in [0, 0.05) is 30.7 Å². The molecule has 1 atom stereocenters. The summed E-state index contributed by atoms with van der Waals surface area (Å²) in [6.45, 7) is 3.65. The third kappa shape index (κ3) is 3.54. The van der Waals surface area contributed by atoms with Gasteiger partial charge in [0.15, 0.2) is 5.13 Å². The quantitative estimate of drug-likeness (QED) is 0.916. The summed E-state index contributed by atoms with van der Waals surface area (Å²) >= 11 is 1.65. The highest BCUT2D eigenvalue weighted by Crippen LogP contribution is 2.32. The average Bonchev–Trinajstić information content (AvgIpc) is 3.06. The fourth-order valence-corrected chi connectivity index (χ4v) is 4.68. The van der Waals surface area contributed by atoms with Gasteiger partial charge in [0.1, 0.15) is 0 Å². The first-order valence-electron chi connectivity index (χ1n) is 9.12. The molecule has 1 N–H and O–H groups in total. The van der Waals surface area contributed by atoms with Crippen molar-refractivity contribution >= 4 is 22.4 Å². The van der Waals surface area contributed by atoms with Crippen LogP contribution in [-0.4, -0.2) is 39.9 Å². The van der Waals surface area contributed by atoms with Crippen molar-refractivity contribution < 1.29 is 4.79 Å². The number of nitrogens with zero attached hydrogens (tertiary/aromatic N) is 3. The monoisotopic (exact) mass is 356 g/mol. The Balaban J connectivity index is 1.37. The molecule has 1 unspecified atom stereocenters. The van der Waals surface area contributed by atoms with Crippen LogP contribution in [-0.2, 0) is 11.2 Å². The van der Waals surface area contributed by atoms with Crippen LogP contribution in [0, 0.1) is 6.92 Å². The number of piperidine rings is 1. The van der Waals surface area contributed by atoms with Gasteiger partial charge in [0.2, 0.25) is 5.91 Å². The zero-order valence-electron chi connectivity index (χ0n) is 14.6. The Bertz CT molecular complexity index is 751. The minimum atomic E-state index is -0.0453. The molecule has 6 heteroatoms. The summed E-state index contributed by atoms with van der Waals surface area (Å²) < 4.78 is 0. The van der Waals surface area contributed by atoms with E-state index in [0.29, 0.717) is 6.04 Å². The van der Waals surface area contributed by atoms with Crippen LogP contribution in [0.4, 0.5) is 5.13 Å². The number of likely N-dealkylation sites (tertiary alicyclic amines) is 1. The molecule has 1 amide bonds. The summed E-state index contributed by atoms with van der Waals surface area (Å²) in [5, 5.41) is 6.57. The summed E-state index contributed by atoms with van der Waals surface area (Å²) in [4.78, 5) is 24.1. The Hall–Kier alpha value is -1.95. The van der Waals surface area contributed by atoms with Crippen LogP contribution in [0.15, 0.2) is 23.7 Å². The summed E-state index contributed by atoms with van der Waals surface area (Å²) in [5.41, 5.74) is 3.32. The lowest BCUT2D eigenvalue weighted by Gasteiger charge is -2.35. The highest BCUT2D eigenvalue weighted by atomic mass is 32.1. The molecule has 0 spiro atoms. The van der Waals surface area contributed by atoms with Gasteiger partial charge in [-0.2, -0.15) is 0 Å². The lowest BCUT2D eigenvalue weighted by atomic mass is 9.85. The number of nitrogens with one attached hydrogen (secondary N) is 1. The standard InChI is InChI=1S/C19H24N4OS/c1-13-12-25-19(21-13)22-15-7-10-23(11-8-15)18(24)16-6-2-4-14-5-3-9-20-17(14)16/h3,5,9,12,15-16H,2,4,6-8,10-11H2,1H3,(H,21,22). The van der Waals surface area contributed by atoms with Crippen molar-refractivity contribution in [3.8, 4) is 0 Å². The maximum absolute atomic E-state index is 13.0. The van der Waals surface area contributed by atoms with Gasteiger partial charge >= 0.3 is 0 Å². The highest BCUT2D eigenvalue weighted by Gasteiger charge is 2.33. The molecule has 25 heavy (non-hydrogen) atoms. The zero-order valence-corrected chi connectivity index (χ0v) is 15.4. The van der Waals surface area contributed by atoms with E-state index in [0.717, 1.165) is 61.7 Å². The molecule has 5 nitrogen and oxygen atoms in total. The second kappa shape index (κ2) is 7.12. The molecular weight excluding hydrogens is 332 g/mol. The summed E-state index contributed by atoms with van der Waals surface area (Å²) in [5.74, 6) is 0.222. The largest absolute Gasteiger partial charge is 0.359 e. The van der Waals surface area contributed by atoms with Gasteiger partial charge in [0.05, 0.1) is 17.3 Å². The van der Waals surface area contributed by atoms with E-state index in [-0.39, 0.29) is 11.8 Å². The molecule has 2 aliphatic rings. The summed E-state index contributed by atoms with van der Waals surface area (Å²) in [7, 11) is 0. The molecule has 3 heterocycles.